The van der Waals surface area contributed by atoms with Crippen molar-refractivity contribution in [1.29, 1.82) is 0 Å². The topological polar surface area (TPSA) is 49.3 Å². The van der Waals surface area contributed by atoms with Crippen molar-refractivity contribution < 1.29 is 22.5 Å². The minimum absolute atomic E-state index is 0.165. The SMILES string of the molecule is Cc1ccc([C@H](NS(=O)C(C)(C)C)[C@](O)(c2ccc(Cl)cc2)C(F)(F)F)cc1. The van der Waals surface area contributed by atoms with Crippen LogP contribution in [-0.4, -0.2) is 20.2 Å². The van der Waals surface area contributed by atoms with E-state index < -0.39 is 39.1 Å². The number of halogens is 4. The Hall–Kier alpha value is -1.41. The van der Waals surface area contributed by atoms with Gasteiger partial charge < -0.3 is 5.11 Å². The molecule has 154 valence electrons. The van der Waals surface area contributed by atoms with E-state index in [0.29, 0.717) is 0 Å². The van der Waals surface area contributed by atoms with Gasteiger partial charge in [-0.15, -0.1) is 0 Å². The maximum Gasteiger partial charge on any atom is 0.423 e. The van der Waals surface area contributed by atoms with Gasteiger partial charge in [-0.2, -0.15) is 13.2 Å². The van der Waals surface area contributed by atoms with E-state index in [1.165, 1.54) is 24.3 Å². The Morgan fingerprint density at radius 2 is 1.50 bits per heavy atom. The summed E-state index contributed by atoms with van der Waals surface area (Å²) < 4.78 is 57.1. The van der Waals surface area contributed by atoms with Crippen molar-refractivity contribution in [2.75, 3.05) is 0 Å². The molecule has 28 heavy (non-hydrogen) atoms. The van der Waals surface area contributed by atoms with Crippen LogP contribution < -0.4 is 4.72 Å². The van der Waals surface area contributed by atoms with E-state index >= 15 is 0 Å². The first-order valence-electron chi connectivity index (χ1n) is 8.56. The smallest absolute Gasteiger partial charge is 0.375 e. The van der Waals surface area contributed by atoms with E-state index in [-0.39, 0.29) is 10.6 Å². The van der Waals surface area contributed by atoms with Crippen LogP contribution in [0.1, 0.15) is 43.5 Å². The molecule has 1 unspecified atom stereocenters. The molecule has 2 aromatic rings. The molecule has 0 spiro atoms. The van der Waals surface area contributed by atoms with Crippen molar-refractivity contribution in [3.8, 4) is 0 Å². The Balaban J connectivity index is 2.69. The molecule has 2 rings (SSSR count). The molecular formula is C20H23ClF3NO2S. The summed E-state index contributed by atoms with van der Waals surface area (Å²) in [5, 5.41) is 11.3. The van der Waals surface area contributed by atoms with Gasteiger partial charge in [-0.05, 0) is 51.0 Å². The number of alkyl halides is 3. The normalized spacial score (nSPS) is 17.0. The molecule has 8 heteroatoms. The Kier molecular flexibility index (Phi) is 6.65. The molecule has 0 radical (unpaired) electrons. The van der Waals surface area contributed by atoms with Gasteiger partial charge in [-0.25, -0.2) is 8.93 Å². The lowest BCUT2D eigenvalue weighted by molar-refractivity contribution is -0.277. The third-order valence-electron chi connectivity index (χ3n) is 4.33. The maximum atomic E-state index is 14.2. The number of hydrogen-bond acceptors (Lipinski definition) is 2. The predicted octanol–water partition coefficient (Wildman–Crippen LogP) is 5.19. The number of rotatable bonds is 5. The lowest BCUT2D eigenvalue weighted by Gasteiger charge is -2.39. The first-order valence-corrected chi connectivity index (χ1v) is 10.1. The largest absolute Gasteiger partial charge is 0.423 e. The van der Waals surface area contributed by atoms with Crippen molar-refractivity contribution in [2.45, 2.75) is 50.3 Å². The molecular weight excluding hydrogens is 411 g/mol. The van der Waals surface area contributed by atoms with Gasteiger partial charge in [-0.3, -0.25) is 0 Å². The monoisotopic (exact) mass is 433 g/mol. The van der Waals surface area contributed by atoms with Crippen molar-refractivity contribution in [3.05, 3.63) is 70.2 Å². The Morgan fingerprint density at radius 3 is 1.93 bits per heavy atom. The summed E-state index contributed by atoms with van der Waals surface area (Å²) in [6.07, 6.45) is -5.05. The van der Waals surface area contributed by atoms with Crippen LogP contribution in [0.15, 0.2) is 48.5 Å². The van der Waals surface area contributed by atoms with E-state index in [9.17, 15) is 22.5 Å². The Morgan fingerprint density at radius 1 is 1.00 bits per heavy atom. The van der Waals surface area contributed by atoms with Crippen LogP contribution in [0, 0.1) is 6.92 Å². The zero-order valence-corrected chi connectivity index (χ0v) is 17.5. The number of aryl methyl sites for hydroxylation is 1. The molecule has 0 saturated heterocycles. The van der Waals surface area contributed by atoms with Gasteiger partial charge in [0.1, 0.15) is 0 Å². The highest BCUT2D eigenvalue weighted by Crippen LogP contribution is 2.48. The van der Waals surface area contributed by atoms with Crippen molar-refractivity contribution in [3.63, 3.8) is 0 Å². The van der Waals surface area contributed by atoms with Crippen molar-refractivity contribution in [1.82, 2.24) is 4.72 Å². The number of nitrogens with one attached hydrogen (secondary N) is 1. The van der Waals surface area contributed by atoms with Crippen molar-refractivity contribution >= 4 is 22.6 Å². The fourth-order valence-electron chi connectivity index (χ4n) is 2.64. The first-order chi connectivity index (χ1) is 12.8. The number of aliphatic hydroxyl groups is 1. The average Bonchev–Trinajstić information content (AvgIpc) is 2.58. The highest BCUT2D eigenvalue weighted by molar-refractivity contribution is 7.84. The molecule has 2 aromatic carbocycles. The van der Waals surface area contributed by atoms with Crippen LogP contribution in [0.5, 0.6) is 0 Å². The fourth-order valence-corrected chi connectivity index (χ4v) is 3.64. The minimum Gasteiger partial charge on any atom is -0.375 e. The van der Waals surface area contributed by atoms with Gasteiger partial charge in [0.2, 0.25) is 5.60 Å². The Labute approximate surface area is 170 Å². The third kappa shape index (κ3) is 4.76. The summed E-state index contributed by atoms with van der Waals surface area (Å²) in [6.45, 7) is 6.71. The van der Waals surface area contributed by atoms with Crippen LogP contribution in [-0.2, 0) is 16.6 Å². The van der Waals surface area contributed by atoms with Crippen LogP contribution in [0.4, 0.5) is 13.2 Å². The Bertz CT molecular complexity index is 833. The van der Waals surface area contributed by atoms with E-state index in [2.05, 4.69) is 4.72 Å². The standard InChI is InChI=1S/C20H23ClF3NO2S/c1-13-5-7-14(8-6-13)17(25-28(27)18(2,3)4)19(26,20(22,23)24)15-9-11-16(21)12-10-15/h5-12,17,25-26H,1-4H3/t17-,19+,28?/m0/s1. The van der Waals surface area contributed by atoms with Crippen LogP contribution >= 0.6 is 11.6 Å². The molecule has 2 N–H and O–H groups in total. The van der Waals surface area contributed by atoms with E-state index in [0.717, 1.165) is 17.7 Å². The molecule has 0 amide bonds. The summed E-state index contributed by atoms with van der Waals surface area (Å²) in [5.41, 5.74) is -2.71. The van der Waals surface area contributed by atoms with E-state index in [1.54, 1.807) is 39.8 Å². The second-order valence-electron chi connectivity index (χ2n) is 7.61. The van der Waals surface area contributed by atoms with Gasteiger partial charge >= 0.3 is 6.18 Å². The maximum absolute atomic E-state index is 14.2. The lowest BCUT2D eigenvalue weighted by Crippen LogP contribution is -2.53. The molecule has 0 saturated carbocycles. The van der Waals surface area contributed by atoms with Gasteiger partial charge in [0.05, 0.1) is 21.8 Å². The van der Waals surface area contributed by atoms with Gasteiger partial charge in [0.15, 0.2) is 0 Å². The second-order valence-corrected chi connectivity index (χ2v) is 10.0. The summed E-state index contributed by atoms with van der Waals surface area (Å²) in [4.78, 5) is 0. The zero-order chi connectivity index (χ0) is 21.3. The molecule has 0 aliphatic heterocycles. The highest BCUT2D eigenvalue weighted by Gasteiger charge is 2.60. The zero-order valence-electron chi connectivity index (χ0n) is 16.0. The highest BCUT2D eigenvalue weighted by atomic mass is 35.5. The molecule has 0 heterocycles. The van der Waals surface area contributed by atoms with Crippen LogP contribution in [0.3, 0.4) is 0 Å². The minimum atomic E-state index is -5.05. The van der Waals surface area contributed by atoms with Crippen LogP contribution in [0.2, 0.25) is 5.02 Å². The van der Waals surface area contributed by atoms with Gasteiger partial charge in [0.25, 0.3) is 0 Å². The quantitative estimate of drug-likeness (QED) is 0.681. The first kappa shape index (κ1) is 22.9. The average molecular weight is 434 g/mol. The molecule has 0 bridgehead atoms. The summed E-state index contributed by atoms with van der Waals surface area (Å²) in [6, 6.07) is 9.36. The fraction of sp³-hybridized carbons (Fsp3) is 0.400. The number of benzene rings is 2. The predicted molar refractivity (Wildman–Crippen MR) is 106 cm³/mol. The molecule has 0 fully saturated rings. The second kappa shape index (κ2) is 8.14. The van der Waals surface area contributed by atoms with E-state index in [1.807, 2.05) is 0 Å². The molecule has 0 aliphatic carbocycles. The molecule has 0 aliphatic rings. The summed E-state index contributed by atoms with van der Waals surface area (Å²) >= 11 is 5.81. The molecule has 3 atom stereocenters. The molecule has 0 aromatic heterocycles. The lowest BCUT2D eigenvalue weighted by atomic mass is 9.82. The van der Waals surface area contributed by atoms with Crippen LogP contribution in [0.25, 0.3) is 0 Å². The summed E-state index contributed by atoms with van der Waals surface area (Å²) in [7, 11) is -1.87. The number of hydrogen-bond donors (Lipinski definition) is 2. The molecule has 3 nitrogen and oxygen atoms in total. The van der Waals surface area contributed by atoms with E-state index in [4.69, 9.17) is 11.6 Å². The van der Waals surface area contributed by atoms with Crippen molar-refractivity contribution in [2.24, 2.45) is 0 Å². The summed E-state index contributed by atoms with van der Waals surface area (Å²) in [5.74, 6) is 0. The van der Waals surface area contributed by atoms with Gasteiger partial charge in [-0.1, -0.05) is 53.6 Å². The van der Waals surface area contributed by atoms with Gasteiger partial charge in [0, 0.05) is 5.02 Å². The third-order valence-corrected chi connectivity index (χ3v) is 6.14.